The van der Waals surface area contributed by atoms with Crippen molar-refractivity contribution >= 4 is 21.6 Å². The highest BCUT2D eigenvalue weighted by atomic mass is 32.2. The van der Waals surface area contributed by atoms with Crippen LogP contribution in [0.3, 0.4) is 0 Å². The van der Waals surface area contributed by atoms with Crippen LogP contribution in [0.15, 0.2) is 53.4 Å². The van der Waals surface area contributed by atoms with Gasteiger partial charge in [-0.15, -0.1) is 0 Å². The number of nitrogens with zero attached hydrogens (tertiary/aromatic N) is 3. The summed E-state index contributed by atoms with van der Waals surface area (Å²) in [5.74, 6) is -0.164. The molecule has 1 aliphatic heterocycles. The molecule has 1 amide bonds. The number of anilines is 1. The lowest BCUT2D eigenvalue weighted by molar-refractivity contribution is -0.125. The Labute approximate surface area is 200 Å². The summed E-state index contributed by atoms with van der Waals surface area (Å²) < 4.78 is 30.4. The third kappa shape index (κ3) is 3.70. The zero-order valence-electron chi connectivity index (χ0n) is 19.8. The summed E-state index contributed by atoms with van der Waals surface area (Å²) in [6.07, 6.45) is 3.62. The Balaban J connectivity index is 1.42. The molecule has 1 aromatic heterocycles. The molecule has 2 atom stereocenters. The predicted molar refractivity (Wildman–Crippen MR) is 131 cm³/mol. The maximum atomic E-state index is 13.7. The van der Waals surface area contributed by atoms with E-state index in [1.807, 2.05) is 36.4 Å². The van der Waals surface area contributed by atoms with Gasteiger partial charge in [0, 0.05) is 6.54 Å². The Hall–Kier alpha value is -3.13. The van der Waals surface area contributed by atoms with Crippen molar-refractivity contribution in [1.29, 1.82) is 0 Å². The van der Waals surface area contributed by atoms with Crippen LogP contribution >= 0.6 is 0 Å². The summed E-state index contributed by atoms with van der Waals surface area (Å²) in [6.45, 7) is 5.60. The van der Waals surface area contributed by atoms with Crippen LogP contribution in [-0.4, -0.2) is 30.7 Å². The van der Waals surface area contributed by atoms with Crippen LogP contribution in [0.2, 0.25) is 0 Å². The van der Waals surface area contributed by atoms with Gasteiger partial charge in [0.1, 0.15) is 10.9 Å². The summed E-state index contributed by atoms with van der Waals surface area (Å²) in [4.78, 5) is 13.4. The molecular formula is C26H30N4O3S. The highest BCUT2D eigenvalue weighted by molar-refractivity contribution is 7.93. The van der Waals surface area contributed by atoms with Crippen LogP contribution < -0.4 is 9.62 Å². The van der Waals surface area contributed by atoms with E-state index >= 15 is 0 Å². The maximum Gasteiger partial charge on any atom is 0.268 e. The molecular weight excluding hydrogens is 448 g/mol. The van der Waals surface area contributed by atoms with Gasteiger partial charge in [-0.1, -0.05) is 42.5 Å². The van der Waals surface area contributed by atoms with Gasteiger partial charge >= 0.3 is 0 Å². The molecule has 178 valence electrons. The van der Waals surface area contributed by atoms with Gasteiger partial charge in [0.2, 0.25) is 5.91 Å². The Morgan fingerprint density at radius 2 is 1.76 bits per heavy atom. The van der Waals surface area contributed by atoms with Gasteiger partial charge in [0.25, 0.3) is 10.0 Å². The minimum atomic E-state index is -3.80. The number of hydrogen-bond donors (Lipinski definition) is 1. The van der Waals surface area contributed by atoms with Gasteiger partial charge in [-0.05, 0) is 69.2 Å². The number of aryl methyl sites for hydroxylation is 2. The molecule has 1 N–H and O–H groups in total. The van der Waals surface area contributed by atoms with Crippen molar-refractivity contribution < 1.29 is 13.2 Å². The minimum absolute atomic E-state index is 0.0406. The van der Waals surface area contributed by atoms with Crippen LogP contribution in [0.5, 0.6) is 0 Å². The van der Waals surface area contributed by atoms with Crippen LogP contribution in [0.4, 0.5) is 5.69 Å². The van der Waals surface area contributed by atoms with Crippen molar-refractivity contribution in [3.05, 3.63) is 76.6 Å². The van der Waals surface area contributed by atoms with Crippen molar-refractivity contribution in [3.8, 4) is 0 Å². The minimum Gasteiger partial charge on any atom is -0.347 e. The molecule has 5 rings (SSSR count). The first-order valence-electron chi connectivity index (χ1n) is 11.8. The molecule has 3 aromatic rings. The highest BCUT2D eigenvalue weighted by Gasteiger charge is 2.36. The fourth-order valence-corrected chi connectivity index (χ4v) is 7.24. The van der Waals surface area contributed by atoms with Crippen LogP contribution in [0.1, 0.15) is 59.9 Å². The molecule has 2 unspecified atom stereocenters. The predicted octanol–water partition coefficient (Wildman–Crippen LogP) is 4.01. The largest absolute Gasteiger partial charge is 0.347 e. The fraction of sp³-hybridized carbons (Fsp3) is 0.385. The van der Waals surface area contributed by atoms with Crippen molar-refractivity contribution in [1.82, 2.24) is 15.1 Å². The van der Waals surface area contributed by atoms with E-state index in [-0.39, 0.29) is 16.8 Å². The van der Waals surface area contributed by atoms with E-state index in [0.717, 1.165) is 30.5 Å². The van der Waals surface area contributed by atoms with E-state index in [4.69, 9.17) is 0 Å². The van der Waals surface area contributed by atoms with E-state index in [9.17, 15) is 13.2 Å². The molecule has 7 nitrogen and oxygen atoms in total. The van der Waals surface area contributed by atoms with E-state index in [1.165, 1.54) is 15.4 Å². The average molecular weight is 479 g/mol. The van der Waals surface area contributed by atoms with Gasteiger partial charge in [0.05, 0.1) is 23.1 Å². The van der Waals surface area contributed by atoms with Crippen LogP contribution in [-0.2, 0) is 27.7 Å². The number of carbonyl (C=O) groups is 1. The maximum absolute atomic E-state index is 13.7. The summed E-state index contributed by atoms with van der Waals surface area (Å²) in [5, 5.41) is 7.69. The van der Waals surface area contributed by atoms with Crippen LogP contribution in [0, 0.1) is 13.8 Å². The molecule has 2 aromatic carbocycles. The number of para-hydroxylation sites is 1. The van der Waals surface area contributed by atoms with Crippen molar-refractivity contribution in [2.45, 2.75) is 63.4 Å². The second-order valence-corrected chi connectivity index (χ2v) is 11.0. The van der Waals surface area contributed by atoms with Gasteiger partial charge in [-0.2, -0.15) is 5.10 Å². The van der Waals surface area contributed by atoms with Gasteiger partial charge in [-0.3, -0.25) is 13.8 Å². The third-order valence-electron chi connectivity index (χ3n) is 7.08. The number of amides is 1. The molecule has 0 saturated carbocycles. The molecule has 2 aliphatic rings. The van der Waals surface area contributed by atoms with E-state index in [2.05, 4.69) is 22.5 Å². The first-order valence-corrected chi connectivity index (χ1v) is 13.3. The Morgan fingerprint density at radius 3 is 2.56 bits per heavy atom. The Bertz CT molecular complexity index is 1360. The number of rotatable bonds is 5. The first-order chi connectivity index (χ1) is 16.3. The topological polar surface area (TPSA) is 84.3 Å². The molecule has 0 saturated heterocycles. The molecule has 0 spiro atoms. The molecule has 0 fully saturated rings. The Morgan fingerprint density at radius 1 is 1.06 bits per heavy atom. The zero-order valence-corrected chi connectivity index (χ0v) is 20.6. The van der Waals surface area contributed by atoms with Crippen molar-refractivity contribution in [2.75, 3.05) is 10.8 Å². The van der Waals surface area contributed by atoms with Gasteiger partial charge < -0.3 is 5.32 Å². The SMILES string of the molecule is Cc1nn(C(C)C(=O)NC2CCCc3ccccc32)c(C)c1S(=O)(=O)N1CCc2ccccc21. The Kier molecular flexibility index (Phi) is 5.72. The van der Waals surface area contributed by atoms with E-state index in [0.29, 0.717) is 24.4 Å². The lowest BCUT2D eigenvalue weighted by Crippen LogP contribution is -2.36. The second-order valence-electron chi connectivity index (χ2n) is 9.23. The quantitative estimate of drug-likeness (QED) is 0.601. The van der Waals surface area contributed by atoms with Crippen molar-refractivity contribution in [2.24, 2.45) is 0 Å². The number of hydrogen-bond acceptors (Lipinski definition) is 4. The zero-order chi connectivity index (χ0) is 24.0. The van der Waals surface area contributed by atoms with Gasteiger partial charge in [0.15, 0.2) is 0 Å². The van der Waals surface area contributed by atoms with Crippen molar-refractivity contribution in [3.63, 3.8) is 0 Å². The number of carbonyl (C=O) groups excluding carboxylic acids is 1. The fourth-order valence-electron chi connectivity index (χ4n) is 5.37. The summed E-state index contributed by atoms with van der Waals surface area (Å²) in [5.41, 5.74) is 5.07. The third-order valence-corrected chi connectivity index (χ3v) is 9.15. The lowest BCUT2D eigenvalue weighted by Gasteiger charge is -2.27. The average Bonchev–Trinajstić information content (AvgIpc) is 3.40. The van der Waals surface area contributed by atoms with E-state index in [1.54, 1.807) is 25.5 Å². The highest BCUT2D eigenvalue weighted by Crippen LogP contribution is 2.35. The smallest absolute Gasteiger partial charge is 0.268 e. The van der Waals surface area contributed by atoms with Gasteiger partial charge in [-0.25, -0.2) is 8.42 Å². The molecule has 0 radical (unpaired) electrons. The second kappa shape index (κ2) is 8.58. The first kappa shape index (κ1) is 22.7. The molecule has 1 aliphatic carbocycles. The number of benzene rings is 2. The number of fused-ring (bicyclic) bond motifs is 2. The number of sulfonamides is 1. The summed E-state index contributed by atoms with van der Waals surface area (Å²) in [6, 6.07) is 15.1. The molecule has 34 heavy (non-hydrogen) atoms. The number of aromatic nitrogens is 2. The molecule has 2 heterocycles. The standard InChI is InChI=1S/C26H30N4O3S/c1-17-25(34(32,33)29-16-15-21-10-5-7-14-24(21)29)18(2)30(28-17)19(3)26(31)27-23-13-8-11-20-9-4-6-12-22(20)23/h4-7,9-10,12,14,19,23H,8,11,13,15-16H2,1-3H3,(H,27,31). The lowest BCUT2D eigenvalue weighted by atomic mass is 9.87. The monoisotopic (exact) mass is 478 g/mol. The normalized spacial score (nSPS) is 18.3. The van der Waals surface area contributed by atoms with E-state index < -0.39 is 16.1 Å². The summed E-state index contributed by atoms with van der Waals surface area (Å²) in [7, 11) is -3.80. The molecule has 8 heteroatoms. The number of nitrogens with one attached hydrogen (secondary N) is 1. The summed E-state index contributed by atoms with van der Waals surface area (Å²) >= 11 is 0. The van der Waals surface area contributed by atoms with Crippen LogP contribution in [0.25, 0.3) is 0 Å². The molecule has 0 bridgehead atoms.